The van der Waals surface area contributed by atoms with Crippen LogP contribution in [-0.2, 0) is 4.74 Å². The zero-order valence-corrected chi connectivity index (χ0v) is 10.3. The molecule has 1 N–H and O–H groups in total. The summed E-state index contributed by atoms with van der Waals surface area (Å²) in [7, 11) is 0. The van der Waals surface area contributed by atoms with Gasteiger partial charge >= 0.3 is 0 Å². The molecule has 0 aliphatic carbocycles. The molecule has 92 valence electrons. The molecule has 0 unspecified atom stereocenters. The molecule has 0 saturated heterocycles. The number of aryl methyl sites for hydroxylation is 1. The van der Waals surface area contributed by atoms with E-state index in [9.17, 15) is 0 Å². The number of hydrogen-bond acceptors (Lipinski definition) is 3. The van der Waals surface area contributed by atoms with Crippen molar-refractivity contribution in [1.29, 1.82) is 0 Å². The SMILES string of the molecule is CCOCOc1ccc(C)cc1C#CCCO. The second-order valence-electron chi connectivity index (χ2n) is 3.53. The van der Waals surface area contributed by atoms with Crippen molar-refractivity contribution in [2.75, 3.05) is 20.0 Å². The molecule has 0 bridgehead atoms. The molecule has 3 nitrogen and oxygen atoms in total. The Hall–Kier alpha value is -1.50. The maximum absolute atomic E-state index is 8.69. The topological polar surface area (TPSA) is 38.7 Å². The van der Waals surface area contributed by atoms with E-state index in [1.54, 1.807) is 0 Å². The molecule has 0 aromatic heterocycles. The highest BCUT2D eigenvalue weighted by atomic mass is 16.7. The Balaban J connectivity index is 2.77. The molecular formula is C14H18O3. The van der Waals surface area contributed by atoms with Crippen LogP contribution in [0.5, 0.6) is 5.75 Å². The van der Waals surface area contributed by atoms with Crippen molar-refractivity contribution in [3.63, 3.8) is 0 Å². The van der Waals surface area contributed by atoms with E-state index in [2.05, 4.69) is 11.8 Å². The summed E-state index contributed by atoms with van der Waals surface area (Å²) < 4.78 is 10.6. The highest BCUT2D eigenvalue weighted by Crippen LogP contribution is 2.19. The van der Waals surface area contributed by atoms with Crippen molar-refractivity contribution in [3.8, 4) is 17.6 Å². The minimum Gasteiger partial charge on any atom is -0.466 e. The monoisotopic (exact) mass is 234 g/mol. The predicted octanol–water partition coefficient (Wildman–Crippen LogP) is 2.10. The average Bonchev–Trinajstić information content (AvgIpc) is 2.32. The number of aliphatic hydroxyl groups is 1. The summed E-state index contributed by atoms with van der Waals surface area (Å²) in [6.45, 7) is 4.85. The van der Waals surface area contributed by atoms with Gasteiger partial charge in [0.25, 0.3) is 0 Å². The Bertz CT molecular complexity index is 402. The smallest absolute Gasteiger partial charge is 0.189 e. The summed E-state index contributed by atoms with van der Waals surface area (Å²) in [5.41, 5.74) is 1.96. The lowest BCUT2D eigenvalue weighted by molar-refractivity contribution is 0.0222. The lowest BCUT2D eigenvalue weighted by Crippen LogP contribution is -2.03. The summed E-state index contributed by atoms with van der Waals surface area (Å²) in [6, 6.07) is 5.82. The maximum atomic E-state index is 8.69. The third-order valence-corrected chi connectivity index (χ3v) is 2.10. The van der Waals surface area contributed by atoms with Gasteiger partial charge in [-0.1, -0.05) is 17.9 Å². The van der Waals surface area contributed by atoms with E-state index in [-0.39, 0.29) is 13.4 Å². The van der Waals surface area contributed by atoms with Crippen LogP contribution < -0.4 is 4.74 Å². The van der Waals surface area contributed by atoms with Gasteiger partial charge in [0.2, 0.25) is 0 Å². The Kier molecular flexibility index (Phi) is 6.16. The number of aliphatic hydroxyl groups excluding tert-OH is 1. The lowest BCUT2D eigenvalue weighted by Gasteiger charge is -2.08. The summed E-state index contributed by atoms with van der Waals surface area (Å²) in [5.74, 6) is 6.60. The Morgan fingerprint density at radius 2 is 2.18 bits per heavy atom. The zero-order chi connectivity index (χ0) is 12.5. The minimum atomic E-state index is 0.0773. The predicted molar refractivity (Wildman–Crippen MR) is 66.9 cm³/mol. The largest absolute Gasteiger partial charge is 0.466 e. The van der Waals surface area contributed by atoms with Crippen LogP contribution in [0.2, 0.25) is 0 Å². The summed E-state index contributed by atoms with van der Waals surface area (Å²) >= 11 is 0. The molecule has 1 rings (SSSR count). The Morgan fingerprint density at radius 3 is 2.88 bits per heavy atom. The molecule has 0 atom stereocenters. The van der Waals surface area contributed by atoms with Crippen LogP contribution in [0.4, 0.5) is 0 Å². The Morgan fingerprint density at radius 1 is 1.35 bits per heavy atom. The van der Waals surface area contributed by atoms with Gasteiger partial charge in [0, 0.05) is 13.0 Å². The first kappa shape index (κ1) is 13.6. The van der Waals surface area contributed by atoms with Gasteiger partial charge in [-0.15, -0.1) is 0 Å². The molecule has 3 heteroatoms. The van der Waals surface area contributed by atoms with Gasteiger partial charge < -0.3 is 14.6 Å². The number of ether oxygens (including phenoxy) is 2. The van der Waals surface area contributed by atoms with E-state index < -0.39 is 0 Å². The molecule has 1 aromatic rings. The fourth-order valence-corrected chi connectivity index (χ4v) is 1.27. The number of hydrogen-bond donors (Lipinski definition) is 1. The van der Waals surface area contributed by atoms with Crippen molar-refractivity contribution < 1.29 is 14.6 Å². The fraction of sp³-hybridized carbons (Fsp3) is 0.429. The van der Waals surface area contributed by atoms with E-state index >= 15 is 0 Å². The lowest BCUT2D eigenvalue weighted by atomic mass is 10.1. The van der Waals surface area contributed by atoms with Crippen LogP contribution in [0.15, 0.2) is 18.2 Å². The van der Waals surface area contributed by atoms with Crippen LogP contribution in [0.1, 0.15) is 24.5 Å². The second kappa shape index (κ2) is 7.72. The molecule has 0 spiro atoms. The van der Waals surface area contributed by atoms with Crippen LogP contribution in [-0.4, -0.2) is 25.1 Å². The van der Waals surface area contributed by atoms with Crippen LogP contribution in [0.3, 0.4) is 0 Å². The van der Waals surface area contributed by atoms with Gasteiger partial charge in [0.05, 0.1) is 12.2 Å². The minimum absolute atomic E-state index is 0.0773. The van der Waals surface area contributed by atoms with Crippen LogP contribution in [0.25, 0.3) is 0 Å². The summed E-state index contributed by atoms with van der Waals surface area (Å²) in [5, 5.41) is 8.69. The van der Waals surface area contributed by atoms with E-state index in [0.717, 1.165) is 16.9 Å². The molecule has 0 fully saturated rings. The van der Waals surface area contributed by atoms with Gasteiger partial charge in [-0.3, -0.25) is 0 Å². The van der Waals surface area contributed by atoms with Crippen molar-refractivity contribution in [1.82, 2.24) is 0 Å². The quantitative estimate of drug-likeness (QED) is 0.482. The molecular weight excluding hydrogens is 216 g/mol. The molecule has 17 heavy (non-hydrogen) atoms. The van der Waals surface area contributed by atoms with Gasteiger partial charge in [-0.05, 0) is 31.5 Å². The van der Waals surface area contributed by atoms with E-state index in [4.69, 9.17) is 14.6 Å². The Labute approximate surface area is 102 Å². The summed E-state index contributed by atoms with van der Waals surface area (Å²) in [6.07, 6.45) is 0.471. The molecule has 0 heterocycles. The van der Waals surface area contributed by atoms with Gasteiger partial charge in [0.15, 0.2) is 6.79 Å². The van der Waals surface area contributed by atoms with Gasteiger partial charge in [0.1, 0.15) is 5.75 Å². The van der Waals surface area contributed by atoms with Gasteiger partial charge in [-0.25, -0.2) is 0 Å². The van der Waals surface area contributed by atoms with Crippen LogP contribution >= 0.6 is 0 Å². The first-order valence-electron chi connectivity index (χ1n) is 5.69. The third-order valence-electron chi connectivity index (χ3n) is 2.10. The van der Waals surface area contributed by atoms with Crippen molar-refractivity contribution in [3.05, 3.63) is 29.3 Å². The normalized spacial score (nSPS) is 9.59. The standard InChI is InChI=1S/C14H18O3/c1-3-16-11-17-14-8-7-12(2)10-13(14)6-4-5-9-15/h7-8,10,15H,3,5,9,11H2,1-2H3. The highest BCUT2D eigenvalue weighted by molar-refractivity contribution is 5.47. The van der Waals surface area contributed by atoms with Gasteiger partial charge in [-0.2, -0.15) is 0 Å². The molecule has 0 radical (unpaired) electrons. The molecule has 0 aliphatic heterocycles. The molecule has 0 saturated carbocycles. The molecule has 1 aromatic carbocycles. The first-order valence-corrected chi connectivity index (χ1v) is 5.69. The van der Waals surface area contributed by atoms with Crippen molar-refractivity contribution in [2.24, 2.45) is 0 Å². The third kappa shape index (κ3) is 4.90. The fourth-order valence-electron chi connectivity index (χ4n) is 1.27. The van der Waals surface area contributed by atoms with E-state index in [1.165, 1.54) is 0 Å². The molecule has 0 amide bonds. The highest BCUT2D eigenvalue weighted by Gasteiger charge is 2.01. The average molecular weight is 234 g/mol. The maximum Gasteiger partial charge on any atom is 0.189 e. The second-order valence-corrected chi connectivity index (χ2v) is 3.53. The van der Waals surface area contributed by atoms with Crippen molar-refractivity contribution >= 4 is 0 Å². The number of benzene rings is 1. The van der Waals surface area contributed by atoms with E-state index in [1.807, 2.05) is 32.0 Å². The molecule has 0 aliphatic rings. The number of rotatable bonds is 5. The van der Waals surface area contributed by atoms with E-state index in [0.29, 0.717) is 13.0 Å². The summed E-state index contributed by atoms with van der Waals surface area (Å²) in [4.78, 5) is 0. The van der Waals surface area contributed by atoms with Crippen molar-refractivity contribution in [2.45, 2.75) is 20.3 Å². The first-order chi connectivity index (χ1) is 8.27. The van der Waals surface area contributed by atoms with Crippen LogP contribution in [0, 0.1) is 18.8 Å². The zero-order valence-electron chi connectivity index (χ0n) is 10.3.